The van der Waals surface area contributed by atoms with Crippen molar-refractivity contribution in [2.75, 3.05) is 13.7 Å². The summed E-state index contributed by atoms with van der Waals surface area (Å²) in [6.07, 6.45) is 4.75. The molecule has 21 heavy (non-hydrogen) atoms. The van der Waals surface area contributed by atoms with Crippen molar-refractivity contribution < 1.29 is 9.53 Å². The van der Waals surface area contributed by atoms with Gasteiger partial charge in [0.2, 0.25) is 5.91 Å². The first-order valence-electron chi connectivity index (χ1n) is 7.52. The molecule has 0 aromatic heterocycles. The number of carbonyl (C=O) groups is 1. The Morgan fingerprint density at radius 2 is 2.10 bits per heavy atom. The summed E-state index contributed by atoms with van der Waals surface area (Å²) in [6.45, 7) is 1.48. The van der Waals surface area contributed by atoms with E-state index >= 15 is 0 Å². The van der Waals surface area contributed by atoms with Crippen molar-refractivity contribution in [3.63, 3.8) is 0 Å². The highest BCUT2D eigenvalue weighted by atomic mass is 16.5. The molecule has 1 saturated carbocycles. The third-order valence-electron chi connectivity index (χ3n) is 4.16. The summed E-state index contributed by atoms with van der Waals surface area (Å²) in [5.41, 5.74) is 13.2. The third kappa shape index (κ3) is 4.19. The maximum absolute atomic E-state index is 11.3. The van der Waals surface area contributed by atoms with E-state index < -0.39 is 0 Å². The van der Waals surface area contributed by atoms with E-state index in [1.165, 1.54) is 12.8 Å². The number of benzene rings is 1. The number of nitrogens with two attached hydrogens (primary N) is 2. The molecule has 1 fully saturated rings. The predicted molar refractivity (Wildman–Crippen MR) is 82.7 cm³/mol. The van der Waals surface area contributed by atoms with Crippen LogP contribution in [0.1, 0.15) is 36.8 Å². The molecule has 0 heterocycles. The van der Waals surface area contributed by atoms with E-state index in [1.807, 2.05) is 18.2 Å². The molecule has 1 amide bonds. The summed E-state index contributed by atoms with van der Waals surface area (Å²) in [5, 5.41) is 0. The summed E-state index contributed by atoms with van der Waals surface area (Å²) in [5.74, 6) is 0.535. The lowest BCUT2D eigenvalue weighted by atomic mass is 10.1. The average molecular weight is 291 g/mol. The van der Waals surface area contributed by atoms with Gasteiger partial charge < -0.3 is 16.2 Å². The number of amides is 1. The second kappa shape index (κ2) is 7.43. The number of rotatable bonds is 7. The quantitative estimate of drug-likeness (QED) is 0.795. The van der Waals surface area contributed by atoms with Gasteiger partial charge in [0.25, 0.3) is 0 Å². The van der Waals surface area contributed by atoms with Crippen LogP contribution in [0, 0.1) is 0 Å². The van der Waals surface area contributed by atoms with Crippen LogP contribution < -0.4 is 16.2 Å². The summed E-state index contributed by atoms with van der Waals surface area (Å²) in [4.78, 5) is 13.5. The Balaban J connectivity index is 2.13. The van der Waals surface area contributed by atoms with Gasteiger partial charge >= 0.3 is 0 Å². The van der Waals surface area contributed by atoms with Crippen molar-refractivity contribution in [2.45, 2.75) is 44.8 Å². The van der Waals surface area contributed by atoms with Crippen molar-refractivity contribution in [1.82, 2.24) is 4.90 Å². The molecule has 1 aliphatic carbocycles. The minimum Gasteiger partial charge on any atom is -0.496 e. The first-order chi connectivity index (χ1) is 10.1. The summed E-state index contributed by atoms with van der Waals surface area (Å²) < 4.78 is 5.37. The Morgan fingerprint density at radius 1 is 1.38 bits per heavy atom. The van der Waals surface area contributed by atoms with E-state index in [1.54, 1.807) is 7.11 Å². The van der Waals surface area contributed by atoms with E-state index in [0.29, 0.717) is 19.1 Å². The molecule has 5 heteroatoms. The Morgan fingerprint density at radius 3 is 2.67 bits per heavy atom. The van der Waals surface area contributed by atoms with Crippen molar-refractivity contribution in [1.29, 1.82) is 0 Å². The maximum atomic E-state index is 11.3. The molecule has 0 spiro atoms. The van der Waals surface area contributed by atoms with E-state index in [-0.39, 0.29) is 5.91 Å². The van der Waals surface area contributed by atoms with Gasteiger partial charge in [-0.05, 0) is 24.5 Å². The molecule has 4 N–H and O–H groups in total. The first kappa shape index (κ1) is 15.8. The summed E-state index contributed by atoms with van der Waals surface area (Å²) in [7, 11) is 1.65. The molecule has 5 nitrogen and oxygen atoms in total. The lowest BCUT2D eigenvalue weighted by Gasteiger charge is -2.27. The van der Waals surface area contributed by atoms with Gasteiger partial charge in [0, 0.05) is 24.7 Å². The van der Waals surface area contributed by atoms with E-state index in [2.05, 4.69) is 4.90 Å². The molecule has 0 saturated heterocycles. The second-order valence-electron chi connectivity index (χ2n) is 5.66. The van der Waals surface area contributed by atoms with Gasteiger partial charge in [0.1, 0.15) is 5.75 Å². The highest BCUT2D eigenvalue weighted by molar-refractivity contribution is 5.76. The van der Waals surface area contributed by atoms with Crippen LogP contribution in [0.5, 0.6) is 5.75 Å². The van der Waals surface area contributed by atoms with Gasteiger partial charge in [0.15, 0.2) is 0 Å². The zero-order valence-electron chi connectivity index (χ0n) is 12.7. The van der Waals surface area contributed by atoms with Gasteiger partial charge in [-0.1, -0.05) is 25.0 Å². The topological polar surface area (TPSA) is 81.6 Å². The molecular weight excluding hydrogens is 266 g/mol. The van der Waals surface area contributed by atoms with Gasteiger partial charge in [0.05, 0.1) is 13.7 Å². The molecule has 1 aliphatic rings. The van der Waals surface area contributed by atoms with Crippen LogP contribution in [-0.2, 0) is 17.9 Å². The van der Waals surface area contributed by atoms with Crippen LogP contribution in [0.15, 0.2) is 18.2 Å². The van der Waals surface area contributed by atoms with E-state index in [4.69, 9.17) is 16.2 Å². The van der Waals surface area contributed by atoms with Crippen LogP contribution in [0.4, 0.5) is 0 Å². The number of primary amides is 1. The fraction of sp³-hybridized carbons (Fsp3) is 0.562. The zero-order valence-corrected chi connectivity index (χ0v) is 12.7. The Labute approximate surface area is 126 Å². The molecule has 0 unspecified atom stereocenters. The number of nitrogens with zero attached hydrogens (tertiary/aromatic N) is 1. The van der Waals surface area contributed by atoms with Crippen molar-refractivity contribution in [3.8, 4) is 5.75 Å². The number of carbonyl (C=O) groups excluding carboxylic acids is 1. The highest BCUT2D eigenvalue weighted by Crippen LogP contribution is 2.26. The minimum atomic E-state index is -0.271. The average Bonchev–Trinajstić information content (AvgIpc) is 3.00. The van der Waals surface area contributed by atoms with Crippen LogP contribution in [0.25, 0.3) is 0 Å². The smallest absolute Gasteiger partial charge is 0.231 e. The Hall–Kier alpha value is -1.59. The predicted octanol–water partition coefficient (Wildman–Crippen LogP) is 1.38. The van der Waals surface area contributed by atoms with Crippen LogP contribution in [-0.4, -0.2) is 30.5 Å². The summed E-state index contributed by atoms with van der Waals surface area (Å²) in [6, 6.07) is 6.50. The molecule has 1 aromatic rings. The normalized spacial score (nSPS) is 15.6. The molecule has 0 bridgehead atoms. The number of methoxy groups -OCH3 is 1. The van der Waals surface area contributed by atoms with Gasteiger partial charge in [-0.25, -0.2) is 0 Å². The molecule has 0 radical (unpaired) electrons. The largest absolute Gasteiger partial charge is 0.496 e. The van der Waals surface area contributed by atoms with Crippen molar-refractivity contribution in [3.05, 3.63) is 29.3 Å². The summed E-state index contributed by atoms with van der Waals surface area (Å²) >= 11 is 0. The second-order valence-corrected chi connectivity index (χ2v) is 5.66. The zero-order chi connectivity index (χ0) is 15.2. The Kier molecular flexibility index (Phi) is 5.59. The molecule has 0 aliphatic heterocycles. The molecule has 1 aromatic carbocycles. The van der Waals surface area contributed by atoms with Crippen LogP contribution in [0.2, 0.25) is 0 Å². The van der Waals surface area contributed by atoms with Gasteiger partial charge in [-0.3, -0.25) is 9.69 Å². The van der Waals surface area contributed by atoms with Crippen LogP contribution in [0.3, 0.4) is 0 Å². The maximum Gasteiger partial charge on any atom is 0.231 e. The monoisotopic (exact) mass is 291 g/mol. The fourth-order valence-electron chi connectivity index (χ4n) is 3.07. The fourth-order valence-corrected chi connectivity index (χ4v) is 3.07. The molecule has 116 valence electrons. The van der Waals surface area contributed by atoms with Gasteiger partial charge in [-0.15, -0.1) is 0 Å². The van der Waals surface area contributed by atoms with Crippen molar-refractivity contribution >= 4 is 5.91 Å². The van der Waals surface area contributed by atoms with Crippen molar-refractivity contribution in [2.24, 2.45) is 11.5 Å². The molecule has 0 atom stereocenters. The third-order valence-corrected chi connectivity index (χ3v) is 4.16. The minimum absolute atomic E-state index is 0.271. The lowest BCUT2D eigenvalue weighted by molar-refractivity contribution is -0.119. The number of ether oxygens (including phenoxy) is 1. The van der Waals surface area contributed by atoms with Gasteiger partial charge in [-0.2, -0.15) is 0 Å². The highest BCUT2D eigenvalue weighted by Gasteiger charge is 2.24. The van der Waals surface area contributed by atoms with E-state index in [0.717, 1.165) is 36.3 Å². The number of hydrogen-bond acceptors (Lipinski definition) is 4. The van der Waals surface area contributed by atoms with Crippen LogP contribution >= 0.6 is 0 Å². The Bertz CT molecular complexity index is 484. The molecular formula is C16H25N3O2. The first-order valence-corrected chi connectivity index (χ1v) is 7.52. The number of hydrogen-bond donors (Lipinski definition) is 2. The van der Waals surface area contributed by atoms with E-state index in [9.17, 15) is 4.79 Å². The lowest BCUT2D eigenvalue weighted by Crippen LogP contribution is -2.39. The molecule has 2 rings (SSSR count). The SMILES string of the molecule is COc1cc(CN(CC(N)=O)C2CCCC2)ccc1CN. The standard InChI is InChI=1S/C16H25N3O2/c1-21-15-8-12(6-7-13(15)9-17)10-19(11-16(18)20)14-4-2-3-5-14/h6-8,14H,2-5,9-11,17H2,1H3,(H2,18,20).